The maximum Gasteiger partial charge on any atom is 0.311 e. The highest BCUT2D eigenvalue weighted by atomic mass is 35.5. The number of methoxy groups -OCH3 is 1. The molecule has 0 aromatic carbocycles. The first kappa shape index (κ1) is 11.8. The van der Waals surface area contributed by atoms with Crippen molar-refractivity contribution in [2.45, 2.75) is 6.42 Å². The molecule has 1 aliphatic rings. The third-order valence-corrected chi connectivity index (χ3v) is 2.27. The van der Waals surface area contributed by atoms with Crippen LogP contribution in [0.2, 0.25) is 0 Å². The molecule has 1 N–H and O–H groups in total. The van der Waals surface area contributed by atoms with Crippen LogP contribution in [-0.4, -0.2) is 42.3 Å². The molecule has 6 nitrogen and oxygen atoms in total. The molecule has 0 aliphatic carbocycles. The monoisotopic (exact) mass is 234 g/mol. The van der Waals surface area contributed by atoms with Gasteiger partial charge in [0.05, 0.1) is 19.6 Å². The van der Waals surface area contributed by atoms with Crippen LogP contribution >= 0.6 is 11.6 Å². The van der Waals surface area contributed by atoms with Crippen LogP contribution in [0.5, 0.6) is 0 Å². The van der Waals surface area contributed by atoms with Gasteiger partial charge < -0.3 is 4.74 Å². The molecule has 1 atom stereocenters. The average molecular weight is 235 g/mol. The lowest BCUT2D eigenvalue weighted by molar-refractivity contribution is -0.156. The standard InChI is InChI=1S/C8H11ClN2O4/c1-15-8(14)5-2-6(12)10-11(4-5)7(13)3-9/h5H,2-4H2,1H3,(H,10,12)/t5-/m1/s1. The van der Waals surface area contributed by atoms with Gasteiger partial charge in [0.15, 0.2) is 0 Å². The van der Waals surface area contributed by atoms with E-state index in [9.17, 15) is 14.4 Å². The number of amides is 2. The maximum absolute atomic E-state index is 11.2. The first-order valence-corrected chi connectivity index (χ1v) is 4.85. The molecule has 0 radical (unpaired) electrons. The number of esters is 1. The smallest absolute Gasteiger partial charge is 0.311 e. The third kappa shape index (κ3) is 2.82. The number of nitrogens with zero attached hydrogens (tertiary/aromatic N) is 1. The fraction of sp³-hybridized carbons (Fsp3) is 0.625. The number of halogens is 1. The first-order valence-electron chi connectivity index (χ1n) is 4.32. The predicted molar refractivity (Wildman–Crippen MR) is 50.7 cm³/mol. The van der Waals surface area contributed by atoms with Crippen molar-refractivity contribution in [3.05, 3.63) is 0 Å². The summed E-state index contributed by atoms with van der Waals surface area (Å²) in [6, 6.07) is 0. The Morgan fingerprint density at radius 1 is 1.67 bits per heavy atom. The third-order valence-electron chi connectivity index (χ3n) is 2.04. The number of nitrogens with one attached hydrogen (secondary N) is 1. The van der Waals surface area contributed by atoms with E-state index in [1.165, 1.54) is 7.11 Å². The molecular weight excluding hydrogens is 224 g/mol. The molecule has 0 saturated carbocycles. The Morgan fingerprint density at radius 3 is 2.87 bits per heavy atom. The van der Waals surface area contributed by atoms with E-state index < -0.39 is 23.7 Å². The minimum atomic E-state index is -0.615. The normalized spacial score (nSPS) is 20.8. The topological polar surface area (TPSA) is 75.7 Å². The molecule has 2 amide bonds. The van der Waals surface area contributed by atoms with Crippen molar-refractivity contribution in [3.8, 4) is 0 Å². The Morgan fingerprint density at radius 2 is 2.33 bits per heavy atom. The van der Waals surface area contributed by atoms with Crippen molar-refractivity contribution in [2.75, 3.05) is 19.5 Å². The number of rotatable bonds is 2. The minimum Gasteiger partial charge on any atom is -0.469 e. The molecule has 0 spiro atoms. The van der Waals surface area contributed by atoms with Gasteiger partial charge in [-0.15, -0.1) is 11.6 Å². The lowest BCUT2D eigenvalue weighted by Crippen LogP contribution is -2.55. The van der Waals surface area contributed by atoms with Gasteiger partial charge in [-0.1, -0.05) is 0 Å². The lowest BCUT2D eigenvalue weighted by atomic mass is 10.0. The van der Waals surface area contributed by atoms with Crippen LogP contribution < -0.4 is 5.43 Å². The Balaban J connectivity index is 2.67. The van der Waals surface area contributed by atoms with E-state index in [-0.39, 0.29) is 18.8 Å². The lowest BCUT2D eigenvalue weighted by Gasteiger charge is -2.30. The van der Waals surface area contributed by atoms with Crippen molar-refractivity contribution in [1.82, 2.24) is 10.4 Å². The molecule has 84 valence electrons. The van der Waals surface area contributed by atoms with Gasteiger partial charge in [-0.05, 0) is 0 Å². The molecule has 0 aromatic heterocycles. The Labute approximate surface area is 91.5 Å². The molecule has 7 heteroatoms. The molecular formula is C8H11ClN2O4. The van der Waals surface area contributed by atoms with Crippen molar-refractivity contribution >= 4 is 29.4 Å². The van der Waals surface area contributed by atoms with Gasteiger partial charge in [-0.2, -0.15) is 0 Å². The fourth-order valence-electron chi connectivity index (χ4n) is 1.31. The van der Waals surface area contributed by atoms with Gasteiger partial charge in [0.2, 0.25) is 5.91 Å². The van der Waals surface area contributed by atoms with E-state index in [4.69, 9.17) is 11.6 Å². The summed E-state index contributed by atoms with van der Waals surface area (Å²) in [5, 5.41) is 1.04. The zero-order valence-electron chi connectivity index (χ0n) is 8.16. The summed E-state index contributed by atoms with van der Waals surface area (Å²) in [5.74, 6) is -2.20. The second kappa shape index (κ2) is 4.97. The SMILES string of the molecule is COC(=O)[C@@H]1CC(=O)NN(C(=O)CCl)C1. The summed E-state index contributed by atoms with van der Waals surface area (Å²) >= 11 is 5.34. The highest BCUT2D eigenvalue weighted by molar-refractivity contribution is 6.27. The molecule has 0 bridgehead atoms. The second-order valence-electron chi connectivity index (χ2n) is 3.10. The number of hydrazine groups is 1. The Bertz CT molecular complexity index is 268. The van der Waals surface area contributed by atoms with Gasteiger partial charge in [-0.25, -0.2) is 0 Å². The van der Waals surface area contributed by atoms with Crippen LogP contribution in [0.15, 0.2) is 0 Å². The largest absolute Gasteiger partial charge is 0.469 e. The van der Waals surface area contributed by atoms with Gasteiger partial charge in [0.25, 0.3) is 5.91 Å². The summed E-state index contributed by atoms with van der Waals surface area (Å²) in [6.45, 7) is 0.101. The predicted octanol–water partition coefficient (Wildman–Crippen LogP) is -0.722. The summed E-state index contributed by atoms with van der Waals surface area (Å²) in [4.78, 5) is 33.6. The van der Waals surface area contributed by atoms with Crippen molar-refractivity contribution in [2.24, 2.45) is 5.92 Å². The number of hydrogen-bond donors (Lipinski definition) is 1. The van der Waals surface area contributed by atoms with Crippen LogP contribution in [0.1, 0.15) is 6.42 Å². The molecule has 1 aliphatic heterocycles. The molecule has 1 fully saturated rings. The van der Waals surface area contributed by atoms with E-state index in [1.54, 1.807) is 0 Å². The minimum absolute atomic E-state index is 0.0265. The van der Waals surface area contributed by atoms with Crippen LogP contribution in [0.25, 0.3) is 0 Å². The van der Waals surface area contributed by atoms with Gasteiger partial charge in [0, 0.05) is 6.42 Å². The van der Waals surface area contributed by atoms with Crippen molar-refractivity contribution in [1.29, 1.82) is 0 Å². The van der Waals surface area contributed by atoms with E-state index in [1.807, 2.05) is 0 Å². The quantitative estimate of drug-likeness (QED) is 0.505. The van der Waals surface area contributed by atoms with Gasteiger partial charge in [0.1, 0.15) is 5.88 Å². The zero-order chi connectivity index (χ0) is 11.4. The highest BCUT2D eigenvalue weighted by Gasteiger charge is 2.32. The fourth-order valence-corrected chi connectivity index (χ4v) is 1.46. The van der Waals surface area contributed by atoms with Gasteiger partial charge >= 0.3 is 5.97 Å². The molecule has 1 heterocycles. The molecule has 15 heavy (non-hydrogen) atoms. The average Bonchev–Trinajstić information content (AvgIpc) is 2.26. The van der Waals surface area contributed by atoms with Crippen molar-refractivity contribution < 1.29 is 19.1 Å². The summed E-state index contributed by atoms with van der Waals surface area (Å²) in [7, 11) is 1.24. The summed E-state index contributed by atoms with van der Waals surface area (Å²) in [5.41, 5.74) is 2.33. The first-order chi connectivity index (χ1) is 7.08. The molecule has 0 unspecified atom stereocenters. The number of alkyl halides is 1. The summed E-state index contributed by atoms with van der Waals surface area (Å²) < 4.78 is 4.51. The van der Waals surface area contributed by atoms with Crippen LogP contribution in [0, 0.1) is 5.92 Å². The highest BCUT2D eigenvalue weighted by Crippen LogP contribution is 2.12. The van der Waals surface area contributed by atoms with Crippen LogP contribution in [0.3, 0.4) is 0 Å². The van der Waals surface area contributed by atoms with Crippen LogP contribution in [-0.2, 0) is 19.1 Å². The van der Waals surface area contributed by atoms with Crippen molar-refractivity contribution in [3.63, 3.8) is 0 Å². The second-order valence-corrected chi connectivity index (χ2v) is 3.36. The molecule has 1 saturated heterocycles. The van der Waals surface area contributed by atoms with E-state index in [2.05, 4.69) is 10.2 Å². The van der Waals surface area contributed by atoms with E-state index in [0.29, 0.717) is 0 Å². The molecule has 1 rings (SSSR count). The van der Waals surface area contributed by atoms with Crippen LogP contribution in [0.4, 0.5) is 0 Å². The number of hydrogen-bond acceptors (Lipinski definition) is 4. The molecule has 0 aromatic rings. The summed E-state index contributed by atoms with van der Waals surface area (Å²) in [6.07, 6.45) is 0.0265. The van der Waals surface area contributed by atoms with E-state index in [0.717, 1.165) is 5.01 Å². The number of carbonyl (C=O) groups excluding carboxylic acids is 3. The number of carbonyl (C=O) groups is 3. The zero-order valence-corrected chi connectivity index (χ0v) is 8.91. The number of ether oxygens (including phenoxy) is 1. The Kier molecular flexibility index (Phi) is 3.90. The Hall–Kier alpha value is -1.30. The maximum atomic E-state index is 11.2. The van der Waals surface area contributed by atoms with Gasteiger partial charge in [-0.3, -0.25) is 24.8 Å². The van der Waals surface area contributed by atoms with E-state index >= 15 is 0 Å².